The molecular formula is C16H31N3O8. The highest BCUT2D eigenvalue weighted by molar-refractivity contribution is 5.88. The van der Waals surface area contributed by atoms with Gasteiger partial charge in [0.05, 0.1) is 39.6 Å². The summed E-state index contributed by atoms with van der Waals surface area (Å²) in [5.74, 6) is -1.35. The smallest absolute Gasteiger partial charge is 0.243 e. The molecule has 1 atom stereocenters. The molecule has 4 N–H and O–H groups in total. The minimum atomic E-state index is -0.909. The summed E-state index contributed by atoms with van der Waals surface area (Å²) in [5, 5.41) is 13.9. The van der Waals surface area contributed by atoms with Crippen molar-refractivity contribution in [2.24, 2.45) is 0 Å². The molecular weight excluding hydrogens is 362 g/mol. The third-order valence-corrected chi connectivity index (χ3v) is 3.20. The summed E-state index contributed by atoms with van der Waals surface area (Å²) in [4.78, 5) is 40.5. The standard InChI is InChI=1S/C16H31N3O8/c1-24-9-11-26-8-6-17-16(23)13(18-14(21)5-7-20)3-4-15(22)19-27-12-10-25-2/h13,20H,3-12H2,1-2H3,(H,17,23)(H,18,21)(H,19,22). The lowest BCUT2D eigenvalue weighted by Crippen LogP contribution is -2.48. The van der Waals surface area contributed by atoms with E-state index in [1.165, 1.54) is 7.11 Å². The zero-order valence-corrected chi connectivity index (χ0v) is 16.0. The Morgan fingerprint density at radius 2 is 1.63 bits per heavy atom. The molecule has 0 aliphatic rings. The normalized spacial score (nSPS) is 11.7. The molecule has 0 saturated heterocycles. The Morgan fingerprint density at radius 1 is 0.926 bits per heavy atom. The molecule has 0 fully saturated rings. The first-order valence-corrected chi connectivity index (χ1v) is 8.69. The molecule has 0 saturated carbocycles. The predicted molar refractivity (Wildman–Crippen MR) is 94.5 cm³/mol. The van der Waals surface area contributed by atoms with Crippen LogP contribution in [0.4, 0.5) is 0 Å². The van der Waals surface area contributed by atoms with E-state index in [1.54, 1.807) is 7.11 Å². The highest BCUT2D eigenvalue weighted by Gasteiger charge is 2.21. The molecule has 0 aromatic rings. The predicted octanol–water partition coefficient (Wildman–Crippen LogP) is -1.89. The molecule has 0 aromatic heterocycles. The average molecular weight is 393 g/mol. The maximum atomic E-state index is 12.2. The molecule has 0 heterocycles. The first-order valence-electron chi connectivity index (χ1n) is 8.69. The molecule has 0 bridgehead atoms. The summed E-state index contributed by atoms with van der Waals surface area (Å²) in [6.07, 6.45) is -0.0853. The monoisotopic (exact) mass is 393 g/mol. The number of hydrogen-bond acceptors (Lipinski definition) is 8. The summed E-state index contributed by atoms with van der Waals surface area (Å²) >= 11 is 0. The van der Waals surface area contributed by atoms with E-state index < -0.39 is 23.8 Å². The van der Waals surface area contributed by atoms with Crippen molar-refractivity contribution in [3.05, 3.63) is 0 Å². The zero-order valence-electron chi connectivity index (χ0n) is 16.0. The van der Waals surface area contributed by atoms with Crippen LogP contribution in [0.15, 0.2) is 0 Å². The molecule has 0 rings (SSSR count). The maximum absolute atomic E-state index is 12.2. The van der Waals surface area contributed by atoms with Gasteiger partial charge in [0.25, 0.3) is 0 Å². The van der Waals surface area contributed by atoms with Crippen LogP contribution >= 0.6 is 0 Å². The van der Waals surface area contributed by atoms with Gasteiger partial charge in [-0.25, -0.2) is 5.48 Å². The van der Waals surface area contributed by atoms with Crippen LogP contribution in [-0.2, 0) is 33.4 Å². The molecule has 0 aliphatic carbocycles. The molecule has 158 valence electrons. The maximum Gasteiger partial charge on any atom is 0.243 e. The number of ether oxygens (including phenoxy) is 3. The Bertz CT molecular complexity index is 422. The van der Waals surface area contributed by atoms with E-state index in [0.29, 0.717) is 26.4 Å². The Morgan fingerprint density at radius 3 is 2.30 bits per heavy atom. The van der Waals surface area contributed by atoms with Gasteiger partial charge in [-0.2, -0.15) is 0 Å². The average Bonchev–Trinajstić information content (AvgIpc) is 2.65. The lowest BCUT2D eigenvalue weighted by Gasteiger charge is -2.18. The number of hydroxylamine groups is 1. The van der Waals surface area contributed by atoms with Crippen molar-refractivity contribution >= 4 is 17.7 Å². The van der Waals surface area contributed by atoms with E-state index >= 15 is 0 Å². The minimum Gasteiger partial charge on any atom is -0.396 e. The fourth-order valence-corrected chi connectivity index (χ4v) is 1.83. The van der Waals surface area contributed by atoms with E-state index in [2.05, 4.69) is 16.1 Å². The summed E-state index contributed by atoms with van der Waals surface area (Å²) in [6.45, 7) is 1.60. The van der Waals surface area contributed by atoms with Crippen molar-refractivity contribution in [1.82, 2.24) is 16.1 Å². The van der Waals surface area contributed by atoms with E-state index in [-0.39, 0.29) is 39.0 Å². The number of aliphatic hydroxyl groups is 1. The van der Waals surface area contributed by atoms with Crippen LogP contribution in [0.25, 0.3) is 0 Å². The third kappa shape index (κ3) is 15.0. The van der Waals surface area contributed by atoms with Crippen LogP contribution in [0.3, 0.4) is 0 Å². The van der Waals surface area contributed by atoms with Gasteiger partial charge in [0.2, 0.25) is 17.7 Å². The fourth-order valence-electron chi connectivity index (χ4n) is 1.83. The van der Waals surface area contributed by atoms with Crippen molar-refractivity contribution in [3.8, 4) is 0 Å². The van der Waals surface area contributed by atoms with E-state index in [0.717, 1.165) is 0 Å². The number of aliphatic hydroxyl groups excluding tert-OH is 1. The highest BCUT2D eigenvalue weighted by Crippen LogP contribution is 1.99. The molecule has 0 radical (unpaired) electrons. The van der Waals surface area contributed by atoms with E-state index in [9.17, 15) is 14.4 Å². The fraction of sp³-hybridized carbons (Fsp3) is 0.812. The third-order valence-electron chi connectivity index (χ3n) is 3.20. The van der Waals surface area contributed by atoms with E-state index in [4.69, 9.17) is 24.2 Å². The van der Waals surface area contributed by atoms with Crippen molar-refractivity contribution in [2.75, 3.05) is 60.4 Å². The number of hydrogen-bond donors (Lipinski definition) is 4. The lowest BCUT2D eigenvalue weighted by atomic mass is 10.1. The van der Waals surface area contributed by atoms with Gasteiger partial charge in [0.1, 0.15) is 6.04 Å². The van der Waals surface area contributed by atoms with Crippen LogP contribution in [0, 0.1) is 0 Å². The van der Waals surface area contributed by atoms with Gasteiger partial charge in [-0.3, -0.25) is 19.2 Å². The molecule has 11 nitrogen and oxygen atoms in total. The molecule has 1 unspecified atom stereocenters. The van der Waals surface area contributed by atoms with Crippen molar-refractivity contribution in [2.45, 2.75) is 25.3 Å². The number of nitrogens with one attached hydrogen (secondary N) is 3. The molecule has 0 aliphatic heterocycles. The molecule has 0 spiro atoms. The second-order valence-electron chi connectivity index (χ2n) is 5.40. The minimum absolute atomic E-state index is 0.0329. The SMILES string of the molecule is COCCOCCNC(=O)C(CCC(=O)NOCCOC)NC(=O)CCO. The summed E-state index contributed by atoms with van der Waals surface area (Å²) in [7, 11) is 3.07. The van der Waals surface area contributed by atoms with Crippen LogP contribution < -0.4 is 16.1 Å². The Kier molecular flexibility index (Phi) is 16.4. The summed E-state index contributed by atoms with van der Waals surface area (Å²) in [5.41, 5.74) is 2.23. The summed E-state index contributed by atoms with van der Waals surface area (Å²) < 4.78 is 14.8. The van der Waals surface area contributed by atoms with Gasteiger partial charge >= 0.3 is 0 Å². The number of carbonyl (C=O) groups excluding carboxylic acids is 3. The largest absolute Gasteiger partial charge is 0.396 e. The van der Waals surface area contributed by atoms with E-state index in [1.807, 2.05) is 0 Å². The van der Waals surface area contributed by atoms with Crippen LogP contribution in [0.2, 0.25) is 0 Å². The molecule has 27 heavy (non-hydrogen) atoms. The second kappa shape index (κ2) is 17.6. The molecule has 3 amide bonds. The van der Waals surface area contributed by atoms with Crippen LogP contribution in [0.1, 0.15) is 19.3 Å². The topological polar surface area (TPSA) is 144 Å². The van der Waals surface area contributed by atoms with Crippen LogP contribution in [0.5, 0.6) is 0 Å². The number of carbonyl (C=O) groups is 3. The molecule has 11 heteroatoms. The lowest BCUT2D eigenvalue weighted by molar-refractivity contribution is -0.135. The number of amides is 3. The van der Waals surface area contributed by atoms with Crippen molar-refractivity contribution in [1.29, 1.82) is 0 Å². The van der Waals surface area contributed by atoms with Gasteiger partial charge in [-0.05, 0) is 6.42 Å². The Balaban J connectivity index is 4.31. The highest BCUT2D eigenvalue weighted by atomic mass is 16.7. The van der Waals surface area contributed by atoms with Gasteiger partial charge < -0.3 is 30.0 Å². The number of rotatable bonds is 17. The van der Waals surface area contributed by atoms with Gasteiger partial charge in [0.15, 0.2) is 0 Å². The first-order chi connectivity index (χ1) is 13.0. The van der Waals surface area contributed by atoms with Gasteiger partial charge in [-0.15, -0.1) is 0 Å². The van der Waals surface area contributed by atoms with Gasteiger partial charge in [0, 0.05) is 33.6 Å². The van der Waals surface area contributed by atoms with Gasteiger partial charge in [-0.1, -0.05) is 0 Å². The van der Waals surface area contributed by atoms with Crippen LogP contribution in [-0.4, -0.2) is 89.3 Å². The summed E-state index contributed by atoms with van der Waals surface area (Å²) in [6, 6.07) is -0.909. The Hall–Kier alpha value is -1.79. The zero-order chi connectivity index (χ0) is 20.3. The number of methoxy groups -OCH3 is 2. The first kappa shape index (κ1) is 25.2. The molecule has 0 aromatic carbocycles. The van der Waals surface area contributed by atoms with Crippen molar-refractivity contribution < 1.29 is 38.5 Å². The van der Waals surface area contributed by atoms with Crippen molar-refractivity contribution in [3.63, 3.8) is 0 Å². The Labute approximate surface area is 159 Å². The second-order valence-corrected chi connectivity index (χ2v) is 5.40. The quantitative estimate of drug-likeness (QED) is 0.166.